The van der Waals surface area contributed by atoms with Crippen molar-refractivity contribution in [1.29, 1.82) is 0 Å². The Morgan fingerprint density at radius 3 is 2.61 bits per heavy atom. The van der Waals surface area contributed by atoms with Crippen LogP contribution in [0.15, 0.2) is 59.8 Å². The van der Waals surface area contributed by atoms with Gasteiger partial charge in [-0.1, -0.05) is 35.9 Å². The molecule has 0 saturated carbocycles. The van der Waals surface area contributed by atoms with Crippen LogP contribution in [0.1, 0.15) is 11.1 Å². The molecule has 0 amide bonds. The van der Waals surface area contributed by atoms with Crippen LogP contribution in [0.25, 0.3) is 0 Å². The number of nitrogens with zero attached hydrogens (tertiary/aromatic N) is 3. The maximum absolute atomic E-state index is 12.5. The number of hydrazine groups is 1. The zero-order valence-electron chi connectivity index (χ0n) is 15.3. The summed E-state index contributed by atoms with van der Waals surface area (Å²) in [6.45, 7) is 2.64. The summed E-state index contributed by atoms with van der Waals surface area (Å²) in [5, 5.41) is 0. The molecular weight excluding hydrogens is 376 g/mol. The van der Waals surface area contributed by atoms with Crippen molar-refractivity contribution in [2.45, 2.75) is 18.2 Å². The zero-order chi connectivity index (χ0) is 19.7. The maximum atomic E-state index is 12.5. The van der Waals surface area contributed by atoms with E-state index < -0.39 is 10.0 Å². The summed E-state index contributed by atoms with van der Waals surface area (Å²) >= 11 is 0. The van der Waals surface area contributed by atoms with Crippen LogP contribution in [0.2, 0.25) is 0 Å². The number of aryl methyl sites for hydroxylation is 1. The Morgan fingerprint density at radius 2 is 1.82 bits per heavy atom. The Bertz CT molecular complexity index is 1120. The van der Waals surface area contributed by atoms with Crippen molar-refractivity contribution in [3.63, 3.8) is 0 Å². The molecule has 0 radical (unpaired) electrons. The minimum Gasteiger partial charge on any atom is -0.393 e. The summed E-state index contributed by atoms with van der Waals surface area (Å²) in [6, 6.07) is 14.6. The third kappa shape index (κ3) is 3.37. The average Bonchev–Trinajstić information content (AvgIpc) is 3.11. The van der Waals surface area contributed by atoms with Crippen molar-refractivity contribution in [3.05, 3.63) is 66.0 Å². The van der Waals surface area contributed by atoms with Crippen molar-refractivity contribution < 1.29 is 8.42 Å². The summed E-state index contributed by atoms with van der Waals surface area (Å²) in [7, 11) is -3.76. The summed E-state index contributed by atoms with van der Waals surface area (Å²) in [4.78, 5) is 12.9. The number of hydrogen-bond acceptors (Lipinski definition) is 7. The van der Waals surface area contributed by atoms with Gasteiger partial charge in [0.2, 0.25) is 0 Å². The Hall–Kier alpha value is -3.17. The Kier molecular flexibility index (Phi) is 4.62. The largest absolute Gasteiger partial charge is 0.393 e. The summed E-state index contributed by atoms with van der Waals surface area (Å²) < 4.78 is 24.9. The van der Waals surface area contributed by atoms with Gasteiger partial charge in [-0.25, -0.2) is 18.4 Å². The molecule has 0 aliphatic carbocycles. The molecule has 1 aromatic heterocycles. The van der Waals surface area contributed by atoms with Gasteiger partial charge in [-0.2, -0.15) is 0 Å². The van der Waals surface area contributed by atoms with E-state index in [1.165, 1.54) is 24.0 Å². The van der Waals surface area contributed by atoms with Crippen LogP contribution < -0.4 is 20.9 Å². The monoisotopic (exact) mass is 396 g/mol. The molecule has 4 rings (SSSR count). The molecule has 144 valence electrons. The third-order valence-electron chi connectivity index (χ3n) is 4.64. The molecule has 4 N–H and O–H groups in total. The lowest BCUT2D eigenvalue weighted by molar-refractivity contribution is 0.587. The van der Waals surface area contributed by atoms with Gasteiger partial charge >= 0.3 is 0 Å². The van der Waals surface area contributed by atoms with Crippen LogP contribution in [0.3, 0.4) is 0 Å². The van der Waals surface area contributed by atoms with Gasteiger partial charge in [-0.15, -0.1) is 4.83 Å². The van der Waals surface area contributed by atoms with Gasteiger partial charge in [0, 0.05) is 12.2 Å². The number of para-hydroxylation sites is 1. The molecule has 9 heteroatoms. The van der Waals surface area contributed by atoms with Crippen molar-refractivity contribution in [3.8, 4) is 0 Å². The summed E-state index contributed by atoms with van der Waals surface area (Å²) in [6.07, 6.45) is 2.25. The van der Waals surface area contributed by atoms with E-state index in [-0.39, 0.29) is 16.4 Å². The number of aromatic nitrogens is 2. The lowest BCUT2D eigenvalue weighted by Gasteiger charge is -2.21. The summed E-state index contributed by atoms with van der Waals surface area (Å²) in [5.74, 6) is 0.738. The third-order valence-corrected chi connectivity index (χ3v) is 5.90. The molecule has 0 unspecified atom stereocenters. The number of nitrogens with one attached hydrogen (secondary N) is 2. The van der Waals surface area contributed by atoms with E-state index in [1.807, 2.05) is 30.0 Å². The average molecular weight is 396 g/mol. The fourth-order valence-corrected chi connectivity index (χ4v) is 3.99. The highest BCUT2D eigenvalue weighted by molar-refractivity contribution is 7.89. The first kappa shape index (κ1) is 18.2. The van der Waals surface area contributed by atoms with E-state index >= 15 is 0 Å². The second-order valence-corrected chi connectivity index (χ2v) is 8.22. The van der Waals surface area contributed by atoms with Gasteiger partial charge < -0.3 is 10.6 Å². The van der Waals surface area contributed by atoms with Gasteiger partial charge in [0.25, 0.3) is 10.0 Å². The van der Waals surface area contributed by atoms with E-state index in [2.05, 4.69) is 26.3 Å². The van der Waals surface area contributed by atoms with Crippen LogP contribution in [0.5, 0.6) is 0 Å². The summed E-state index contributed by atoms with van der Waals surface area (Å²) in [5.41, 5.74) is 12.4. The molecule has 2 aromatic carbocycles. The molecule has 2 heterocycles. The highest BCUT2D eigenvalue weighted by atomic mass is 32.2. The van der Waals surface area contributed by atoms with Gasteiger partial charge in [0.15, 0.2) is 11.6 Å². The second kappa shape index (κ2) is 7.10. The predicted molar refractivity (Wildman–Crippen MR) is 109 cm³/mol. The zero-order valence-corrected chi connectivity index (χ0v) is 16.1. The smallest absolute Gasteiger partial charge is 0.257 e. The Balaban J connectivity index is 1.57. The molecule has 28 heavy (non-hydrogen) atoms. The number of nitrogen functional groups attached to an aromatic ring is 1. The van der Waals surface area contributed by atoms with E-state index in [0.717, 1.165) is 24.2 Å². The van der Waals surface area contributed by atoms with Crippen molar-refractivity contribution in [2.75, 3.05) is 22.6 Å². The number of nitrogens with two attached hydrogens (primary N) is 1. The SMILES string of the molecule is Cc1ccc(S(=O)(=O)NNc2ncnc(N3CCc4ccccc43)c2N)cc1. The van der Waals surface area contributed by atoms with Crippen LogP contribution in [-0.2, 0) is 16.4 Å². The van der Waals surface area contributed by atoms with Crippen molar-refractivity contribution in [1.82, 2.24) is 14.8 Å². The first-order valence-corrected chi connectivity index (χ1v) is 10.2. The Labute approximate surface area is 163 Å². The highest BCUT2D eigenvalue weighted by Gasteiger charge is 2.24. The minimum atomic E-state index is -3.76. The molecule has 1 aliphatic heterocycles. The van der Waals surface area contributed by atoms with E-state index in [1.54, 1.807) is 12.1 Å². The maximum Gasteiger partial charge on any atom is 0.257 e. The lowest BCUT2D eigenvalue weighted by Crippen LogP contribution is -2.31. The number of rotatable bonds is 5. The van der Waals surface area contributed by atoms with Crippen molar-refractivity contribution in [2.24, 2.45) is 0 Å². The lowest BCUT2D eigenvalue weighted by atomic mass is 10.2. The number of sulfonamides is 1. The molecule has 0 atom stereocenters. The predicted octanol–water partition coefficient (Wildman–Crippen LogP) is 2.37. The molecule has 0 fully saturated rings. The second-order valence-electron chi connectivity index (χ2n) is 6.53. The standard InChI is InChI=1S/C19H20N6O2S/c1-13-6-8-15(9-7-13)28(26,27)24-23-18-17(20)19(22-12-21-18)25-11-10-14-4-2-3-5-16(14)25/h2-9,12,24H,10-11,20H2,1H3,(H,21,22,23). The van der Waals surface area contributed by atoms with Gasteiger partial charge in [0.05, 0.1) is 4.90 Å². The first-order chi connectivity index (χ1) is 13.5. The highest BCUT2D eigenvalue weighted by Crippen LogP contribution is 2.37. The topological polar surface area (TPSA) is 113 Å². The number of hydrogen-bond donors (Lipinski definition) is 3. The molecule has 0 bridgehead atoms. The quantitative estimate of drug-likeness (QED) is 0.567. The molecule has 8 nitrogen and oxygen atoms in total. The van der Waals surface area contributed by atoms with Crippen LogP contribution >= 0.6 is 0 Å². The van der Waals surface area contributed by atoms with Crippen LogP contribution in [0, 0.1) is 6.92 Å². The van der Waals surface area contributed by atoms with E-state index in [4.69, 9.17) is 5.73 Å². The van der Waals surface area contributed by atoms with E-state index in [9.17, 15) is 8.42 Å². The molecule has 0 saturated heterocycles. The van der Waals surface area contributed by atoms with Crippen LogP contribution in [-0.4, -0.2) is 24.9 Å². The minimum absolute atomic E-state index is 0.145. The molecule has 1 aliphatic rings. The van der Waals surface area contributed by atoms with E-state index in [0.29, 0.717) is 5.82 Å². The number of benzene rings is 2. The van der Waals surface area contributed by atoms with Gasteiger partial charge in [0.1, 0.15) is 12.0 Å². The van der Waals surface area contributed by atoms with Crippen LogP contribution in [0.4, 0.5) is 23.0 Å². The van der Waals surface area contributed by atoms with Gasteiger partial charge in [-0.3, -0.25) is 5.43 Å². The molecular formula is C19H20N6O2S. The molecule has 0 spiro atoms. The van der Waals surface area contributed by atoms with Gasteiger partial charge in [-0.05, 0) is 37.1 Å². The fourth-order valence-electron chi connectivity index (χ4n) is 3.15. The Morgan fingerprint density at radius 1 is 1.07 bits per heavy atom. The normalized spacial score (nSPS) is 13.4. The molecule has 3 aromatic rings. The van der Waals surface area contributed by atoms with Crippen molar-refractivity contribution >= 4 is 33.0 Å². The fraction of sp³-hybridized carbons (Fsp3) is 0.158. The first-order valence-electron chi connectivity index (χ1n) is 8.76. The number of anilines is 4. The number of fused-ring (bicyclic) bond motifs is 1.